The first-order chi connectivity index (χ1) is 10.1. The maximum Gasteiger partial charge on any atom is 0.255 e. The normalized spacial score (nSPS) is 10.5. The largest absolute Gasteiger partial charge is 0.399 e. The Morgan fingerprint density at radius 2 is 1.90 bits per heavy atom. The lowest BCUT2D eigenvalue weighted by Gasteiger charge is -2.08. The van der Waals surface area contributed by atoms with Crippen LogP contribution in [0.25, 0.3) is 10.9 Å². The molecule has 5 heteroatoms. The number of pyridine rings is 1. The van der Waals surface area contributed by atoms with Gasteiger partial charge in [-0.05, 0) is 52.3 Å². The van der Waals surface area contributed by atoms with Crippen molar-refractivity contribution in [1.82, 2.24) is 4.98 Å². The lowest BCUT2D eigenvalue weighted by atomic mass is 10.1. The van der Waals surface area contributed by atoms with Crippen molar-refractivity contribution in [3.05, 3.63) is 64.8 Å². The molecule has 0 atom stereocenters. The number of amides is 1. The summed E-state index contributed by atoms with van der Waals surface area (Å²) < 4.78 is 0.900. The molecular formula is C16H12BrN3O. The number of fused-ring (bicyclic) bond motifs is 1. The van der Waals surface area contributed by atoms with Crippen LogP contribution >= 0.6 is 15.9 Å². The Bertz CT molecular complexity index is 815. The molecule has 0 radical (unpaired) electrons. The Balaban J connectivity index is 1.94. The number of carbonyl (C=O) groups excluding carboxylic acids is 1. The monoisotopic (exact) mass is 341 g/mol. The van der Waals surface area contributed by atoms with E-state index < -0.39 is 0 Å². The molecule has 3 rings (SSSR count). The van der Waals surface area contributed by atoms with Crippen LogP contribution in [0.2, 0.25) is 0 Å². The van der Waals surface area contributed by atoms with E-state index in [1.807, 2.05) is 24.3 Å². The van der Waals surface area contributed by atoms with E-state index in [9.17, 15) is 4.79 Å². The number of carbonyl (C=O) groups is 1. The number of nitrogen functional groups attached to an aromatic ring is 1. The van der Waals surface area contributed by atoms with Crippen molar-refractivity contribution in [3.63, 3.8) is 0 Å². The zero-order chi connectivity index (χ0) is 14.8. The zero-order valence-corrected chi connectivity index (χ0v) is 12.6. The quantitative estimate of drug-likeness (QED) is 0.696. The van der Waals surface area contributed by atoms with Crippen LogP contribution in [0.3, 0.4) is 0 Å². The van der Waals surface area contributed by atoms with E-state index >= 15 is 0 Å². The first-order valence-electron chi connectivity index (χ1n) is 6.34. The summed E-state index contributed by atoms with van der Waals surface area (Å²) in [5.41, 5.74) is 8.24. The van der Waals surface area contributed by atoms with E-state index in [1.165, 1.54) is 0 Å². The van der Waals surface area contributed by atoms with E-state index in [4.69, 9.17) is 5.73 Å². The Morgan fingerprint density at radius 1 is 1.14 bits per heavy atom. The van der Waals surface area contributed by atoms with Crippen molar-refractivity contribution in [1.29, 1.82) is 0 Å². The van der Waals surface area contributed by atoms with E-state index in [1.54, 1.807) is 30.5 Å². The third kappa shape index (κ3) is 2.87. The SMILES string of the molecule is Nc1ccc(C(=O)Nc2cccc3cc(Br)cnc23)cc1. The Morgan fingerprint density at radius 3 is 2.67 bits per heavy atom. The van der Waals surface area contributed by atoms with Gasteiger partial charge in [-0.2, -0.15) is 0 Å². The van der Waals surface area contributed by atoms with Gasteiger partial charge < -0.3 is 11.1 Å². The number of hydrogen-bond donors (Lipinski definition) is 2. The molecule has 0 saturated heterocycles. The molecule has 104 valence electrons. The number of benzene rings is 2. The second-order valence-corrected chi connectivity index (χ2v) is 5.52. The molecule has 0 unspecified atom stereocenters. The molecule has 1 aromatic heterocycles. The minimum atomic E-state index is -0.188. The standard InChI is InChI=1S/C16H12BrN3O/c17-12-8-11-2-1-3-14(15(11)19-9-12)20-16(21)10-4-6-13(18)7-5-10/h1-9H,18H2,(H,20,21). The lowest BCUT2D eigenvalue weighted by molar-refractivity contribution is 0.102. The number of nitrogens with two attached hydrogens (primary N) is 1. The van der Waals surface area contributed by atoms with E-state index in [0.717, 1.165) is 15.4 Å². The van der Waals surface area contributed by atoms with Crippen LogP contribution < -0.4 is 11.1 Å². The number of halogens is 1. The van der Waals surface area contributed by atoms with Gasteiger partial charge in [0.05, 0.1) is 11.2 Å². The summed E-state index contributed by atoms with van der Waals surface area (Å²) in [6.45, 7) is 0. The molecule has 1 amide bonds. The van der Waals surface area contributed by atoms with Crippen molar-refractivity contribution < 1.29 is 4.79 Å². The number of rotatable bonds is 2. The topological polar surface area (TPSA) is 68.0 Å². The van der Waals surface area contributed by atoms with Crippen molar-refractivity contribution in [2.75, 3.05) is 11.1 Å². The average Bonchev–Trinajstić information content (AvgIpc) is 2.47. The summed E-state index contributed by atoms with van der Waals surface area (Å²) >= 11 is 3.39. The van der Waals surface area contributed by atoms with Crippen molar-refractivity contribution in [2.24, 2.45) is 0 Å². The summed E-state index contributed by atoms with van der Waals surface area (Å²) in [5.74, 6) is -0.188. The van der Waals surface area contributed by atoms with Crippen LogP contribution in [0, 0.1) is 0 Å². The maximum atomic E-state index is 12.2. The summed E-state index contributed by atoms with van der Waals surface area (Å²) in [7, 11) is 0. The molecule has 21 heavy (non-hydrogen) atoms. The molecule has 0 aliphatic carbocycles. The first-order valence-corrected chi connectivity index (χ1v) is 7.14. The fourth-order valence-corrected chi connectivity index (χ4v) is 2.41. The molecular weight excluding hydrogens is 330 g/mol. The lowest BCUT2D eigenvalue weighted by Crippen LogP contribution is -2.12. The first kappa shape index (κ1) is 13.6. The van der Waals surface area contributed by atoms with Gasteiger partial charge in [-0.3, -0.25) is 9.78 Å². The minimum absolute atomic E-state index is 0.188. The van der Waals surface area contributed by atoms with Gasteiger partial charge in [-0.15, -0.1) is 0 Å². The van der Waals surface area contributed by atoms with Gasteiger partial charge in [0.25, 0.3) is 5.91 Å². The van der Waals surface area contributed by atoms with Crippen LogP contribution in [0.4, 0.5) is 11.4 Å². The van der Waals surface area contributed by atoms with Gasteiger partial charge in [-0.25, -0.2) is 0 Å². The number of nitrogens with zero attached hydrogens (tertiary/aromatic N) is 1. The van der Waals surface area contributed by atoms with Gasteiger partial charge in [0.1, 0.15) is 0 Å². The summed E-state index contributed by atoms with van der Waals surface area (Å²) in [5, 5.41) is 3.84. The highest BCUT2D eigenvalue weighted by molar-refractivity contribution is 9.10. The Hall–Kier alpha value is -2.40. The number of nitrogens with one attached hydrogen (secondary N) is 1. The predicted octanol–water partition coefficient (Wildman–Crippen LogP) is 3.83. The zero-order valence-electron chi connectivity index (χ0n) is 11.0. The fourth-order valence-electron chi connectivity index (χ4n) is 2.06. The molecule has 3 N–H and O–H groups in total. The molecule has 0 aliphatic heterocycles. The molecule has 2 aromatic carbocycles. The summed E-state index contributed by atoms with van der Waals surface area (Å²) in [6, 6.07) is 14.4. The highest BCUT2D eigenvalue weighted by Crippen LogP contribution is 2.24. The third-order valence-corrected chi connectivity index (χ3v) is 3.53. The van der Waals surface area contributed by atoms with E-state index in [0.29, 0.717) is 16.9 Å². The second-order valence-electron chi connectivity index (χ2n) is 4.61. The van der Waals surface area contributed by atoms with Crippen LogP contribution in [0.15, 0.2) is 59.2 Å². The highest BCUT2D eigenvalue weighted by atomic mass is 79.9. The van der Waals surface area contributed by atoms with Gasteiger partial charge in [-0.1, -0.05) is 12.1 Å². The molecule has 1 heterocycles. The molecule has 0 fully saturated rings. The highest BCUT2D eigenvalue weighted by Gasteiger charge is 2.09. The molecule has 4 nitrogen and oxygen atoms in total. The molecule has 3 aromatic rings. The van der Waals surface area contributed by atoms with Gasteiger partial charge in [0.15, 0.2) is 0 Å². The van der Waals surface area contributed by atoms with Gasteiger partial charge in [0.2, 0.25) is 0 Å². The Labute approximate surface area is 130 Å². The van der Waals surface area contributed by atoms with Crippen molar-refractivity contribution >= 4 is 44.1 Å². The summed E-state index contributed by atoms with van der Waals surface area (Å²) in [6.07, 6.45) is 1.71. The van der Waals surface area contributed by atoms with E-state index in [2.05, 4.69) is 26.2 Å². The smallest absolute Gasteiger partial charge is 0.255 e. The minimum Gasteiger partial charge on any atom is -0.399 e. The maximum absolute atomic E-state index is 12.2. The predicted molar refractivity (Wildman–Crippen MR) is 88.3 cm³/mol. The summed E-state index contributed by atoms with van der Waals surface area (Å²) in [4.78, 5) is 16.6. The average molecular weight is 342 g/mol. The van der Waals surface area contributed by atoms with Gasteiger partial charge in [0, 0.05) is 27.3 Å². The number of para-hydroxylation sites is 1. The van der Waals surface area contributed by atoms with Crippen LogP contribution in [-0.2, 0) is 0 Å². The fraction of sp³-hybridized carbons (Fsp3) is 0. The molecule has 0 aliphatic rings. The van der Waals surface area contributed by atoms with Crippen molar-refractivity contribution in [3.8, 4) is 0 Å². The van der Waals surface area contributed by atoms with Gasteiger partial charge >= 0.3 is 0 Å². The van der Waals surface area contributed by atoms with Crippen LogP contribution in [0.5, 0.6) is 0 Å². The Kier molecular flexibility index (Phi) is 3.58. The van der Waals surface area contributed by atoms with Crippen LogP contribution in [0.1, 0.15) is 10.4 Å². The second kappa shape index (κ2) is 5.54. The number of aromatic nitrogens is 1. The number of anilines is 2. The van der Waals surface area contributed by atoms with E-state index in [-0.39, 0.29) is 5.91 Å². The number of hydrogen-bond acceptors (Lipinski definition) is 3. The molecule has 0 bridgehead atoms. The third-order valence-electron chi connectivity index (χ3n) is 3.10. The van der Waals surface area contributed by atoms with Crippen molar-refractivity contribution in [2.45, 2.75) is 0 Å². The molecule has 0 spiro atoms. The molecule has 0 saturated carbocycles. The van der Waals surface area contributed by atoms with Crippen LogP contribution in [-0.4, -0.2) is 10.9 Å².